The molecule has 15 heavy (non-hydrogen) atoms. The van der Waals surface area contributed by atoms with E-state index in [-0.39, 0.29) is 16.8 Å². The van der Waals surface area contributed by atoms with Crippen LogP contribution in [0.1, 0.15) is 32.6 Å². The third kappa shape index (κ3) is 3.12. The van der Waals surface area contributed by atoms with Gasteiger partial charge in [0, 0.05) is 6.54 Å². The quantitative estimate of drug-likeness (QED) is 0.735. The van der Waals surface area contributed by atoms with Crippen molar-refractivity contribution < 1.29 is 8.42 Å². The summed E-state index contributed by atoms with van der Waals surface area (Å²) >= 11 is 4.75. The van der Waals surface area contributed by atoms with Crippen molar-refractivity contribution in [3.05, 3.63) is 0 Å². The van der Waals surface area contributed by atoms with Crippen molar-refractivity contribution in [3.63, 3.8) is 0 Å². The number of sulfonamides is 1. The number of rotatable bonds is 5. The average molecular weight is 250 g/mol. The van der Waals surface area contributed by atoms with Gasteiger partial charge in [0.05, 0.1) is 16.8 Å². The first-order valence-corrected chi connectivity index (χ1v) is 7.17. The number of nitrogens with two attached hydrogens (primary N) is 1. The topological polar surface area (TPSA) is 63.4 Å². The Hall–Kier alpha value is -0.200. The summed E-state index contributed by atoms with van der Waals surface area (Å²) in [6.07, 6.45) is 3.56. The zero-order valence-electron chi connectivity index (χ0n) is 8.98. The molecule has 2 N–H and O–H groups in total. The second-order valence-corrected chi connectivity index (χ2v) is 6.58. The van der Waals surface area contributed by atoms with E-state index in [1.54, 1.807) is 0 Å². The Morgan fingerprint density at radius 1 is 1.47 bits per heavy atom. The first-order valence-electron chi connectivity index (χ1n) is 5.25. The summed E-state index contributed by atoms with van der Waals surface area (Å²) < 4.78 is 25.6. The Balaban J connectivity index is 2.76. The minimum absolute atomic E-state index is 0.171. The van der Waals surface area contributed by atoms with Crippen LogP contribution >= 0.6 is 12.2 Å². The lowest BCUT2D eigenvalue weighted by atomic mass is 10.4. The molecule has 0 aliphatic heterocycles. The summed E-state index contributed by atoms with van der Waals surface area (Å²) in [4.78, 5) is 0.235. The Labute approximate surface area is 96.9 Å². The smallest absolute Gasteiger partial charge is 0.217 e. The predicted molar refractivity (Wildman–Crippen MR) is 65.2 cm³/mol. The van der Waals surface area contributed by atoms with E-state index in [2.05, 4.69) is 0 Å². The molecule has 1 saturated carbocycles. The molecule has 1 fully saturated rings. The zero-order chi connectivity index (χ0) is 11.5. The molecule has 0 aromatic rings. The van der Waals surface area contributed by atoms with Gasteiger partial charge in [0.25, 0.3) is 0 Å². The van der Waals surface area contributed by atoms with Gasteiger partial charge in [-0.15, -0.1) is 0 Å². The van der Waals surface area contributed by atoms with Crippen LogP contribution in [0.2, 0.25) is 0 Å². The molecule has 0 aromatic carbocycles. The van der Waals surface area contributed by atoms with Gasteiger partial charge >= 0.3 is 0 Å². The van der Waals surface area contributed by atoms with Gasteiger partial charge in [0.1, 0.15) is 0 Å². The van der Waals surface area contributed by atoms with Gasteiger partial charge in [-0.1, -0.05) is 32.0 Å². The Morgan fingerprint density at radius 2 is 2.00 bits per heavy atom. The Kier molecular flexibility index (Phi) is 4.48. The van der Waals surface area contributed by atoms with Crippen molar-refractivity contribution in [2.45, 2.75) is 37.9 Å². The SMILES string of the molecule is CCN(CC(N)=S)S(=O)(=O)C1CCCC1. The second kappa shape index (κ2) is 5.23. The molecule has 4 nitrogen and oxygen atoms in total. The summed E-state index contributed by atoms with van der Waals surface area (Å²) in [7, 11) is -3.18. The van der Waals surface area contributed by atoms with Crippen molar-refractivity contribution >= 4 is 27.2 Å². The van der Waals surface area contributed by atoms with Crippen LogP contribution in [0.15, 0.2) is 0 Å². The Bertz CT molecular complexity index is 321. The zero-order valence-corrected chi connectivity index (χ0v) is 10.6. The molecule has 0 saturated heterocycles. The van der Waals surface area contributed by atoms with Gasteiger partial charge in [-0.05, 0) is 12.8 Å². The van der Waals surface area contributed by atoms with Crippen LogP contribution in [-0.4, -0.2) is 36.1 Å². The maximum absolute atomic E-state index is 12.1. The highest BCUT2D eigenvalue weighted by molar-refractivity contribution is 7.89. The fourth-order valence-corrected chi connectivity index (χ4v) is 4.22. The summed E-state index contributed by atoms with van der Waals surface area (Å²) in [6, 6.07) is 0. The molecule has 1 aliphatic carbocycles. The molecule has 0 heterocycles. The summed E-state index contributed by atoms with van der Waals surface area (Å²) in [6.45, 7) is 2.42. The summed E-state index contributed by atoms with van der Waals surface area (Å²) in [5.74, 6) is 0. The van der Waals surface area contributed by atoms with Crippen molar-refractivity contribution in [3.8, 4) is 0 Å². The van der Waals surface area contributed by atoms with Gasteiger partial charge < -0.3 is 5.73 Å². The average Bonchev–Trinajstić information content (AvgIpc) is 2.66. The van der Waals surface area contributed by atoms with Gasteiger partial charge in [0.15, 0.2) is 0 Å². The number of hydrogen-bond acceptors (Lipinski definition) is 3. The van der Waals surface area contributed by atoms with E-state index in [9.17, 15) is 8.42 Å². The second-order valence-electron chi connectivity index (χ2n) is 3.84. The third-order valence-electron chi connectivity index (χ3n) is 2.77. The first kappa shape index (κ1) is 12.9. The first-order chi connectivity index (χ1) is 6.98. The molecular formula is C9H18N2O2S2. The fourth-order valence-electron chi connectivity index (χ4n) is 1.95. The van der Waals surface area contributed by atoms with E-state index >= 15 is 0 Å². The van der Waals surface area contributed by atoms with Crippen LogP contribution in [0, 0.1) is 0 Å². The van der Waals surface area contributed by atoms with E-state index < -0.39 is 10.0 Å². The van der Waals surface area contributed by atoms with E-state index in [0.29, 0.717) is 6.54 Å². The van der Waals surface area contributed by atoms with Crippen molar-refractivity contribution in [1.29, 1.82) is 0 Å². The molecule has 6 heteroatoms. The molecule has 0 unspecified atom stereocenters. The molecular weight excluding hydrogens is 232 g/mol. The normalized spacial score (nSPS) is 18.5. The monoisotopic (exact) mass is 250 g/mol. The molecule has 1 rings (SSSR count). The van der Waals surface area contributed by atoms with Gasteiger partial charge in [-0.25, -0.2) is 8.42 Å². The van der Waals surface area contributed by atoms with Crippen LogP contribution in [0.5, 0.6) is 0 Å². The molecule has 0 amide bonds. The number of likely N-dealkylation sites (N-methyl/N-ethyl adjacent to an activating group) is 1. The molecule has 0 atom stereocenters. The molecule has 0 aromatic heterocycles. The van der Waals surface area contributed by atoms with E-state index in [1.165, 1.54) is 4.31 Å². The molecule has 0 radical (unpaired) electrons. The van der Waals surface area contributed by atoms with Gasteiger partial charge in [-0.3, -0.25) is 0 Å². The number of nitrogens with zero attached hydrogens (tertiary/aromatic N) is 1. The largest absolute Gasteiger partial charge is 0.392 e. The molecule has 0 bridgehead atoms. The van der Waals surface area contributed by atoms with Crippen LogP contribution in [0.25, 0.3) is 0 Å². The van der Waals surface area contributed by atoms with Crippen molar-refractivity contribution in [2.75, 3.05) is 13.1 Å². The fraction of sp³-hybridized carbons (Fsp3) is 0.889. The number of thiocarbonyl (C=S) groups is 1. The van der Waals surface area contributed by atoms with Crippen LogP contribution in [0.3, 0.4) is 0 Å². The van der Waals surface area contributed by atoms with Crippen molar-refractivity contribution in [2.24, 2.45) is 5.73 Å². The van der Waals surface area contributed by atoms with Crippen LogP contribution in [-0.2, 0) is 10.0 Å². The summed E-state index contributed by atoms with van der Waals surface area (Å²) in [5, 5.41) is -0.216. The van der Waals surface area contributed by atoms with Gasteiger partial charge in [-0.2, -0.15) is 4.31 Å². The summed E-state index contributed by atoms with van der Waals surface area (Å²) in [5.41, 5.74) is 5.39. The molecule has 0 spiro atoms. The highest BCUT2D eigenvalue weighted by Crippen LogP contribution is 2.26. The maximum Gasteiger partial charge on any atom is 0.217 e. The van der Waals surface area contributed by atoms with Crippen LogP contribution in [0.4, 0.5) is 0 Å². The number of hydrogen-bond donors (Lipinski definition) is 1. The lowest BCUT2D eigenvalue weighted by Gasteiger charge is -2.23. The lowest BCUT2D eigenvalue weighted by Crippen LogP contribution is -2.42. The minimum atomic E-state index is -3.18. The highest BCUT2D eigenvalue weighted by Gasteiger charge is 2.33. The highest BCUT2D eigenvalue weighted by atomic mass is 32.2. The molecule has 1 aliphatic rings. The minimum Gasteiger partial charge on any atom is -0.392 e. The van der Waals surface area contributed by atoms with Crippen molar-refractivity contribution in [1.82, 2.24) is 4.31 Å². The maximum atomic E-state index is 12.1. The lowest BCUT2D eigenvalue weighted by molar-refractivity contribution is 0.456. The van der Waals surface area contributed by atoms with E-state index in [0.717, 1.165) is 25.7 Å². The van der Waals surface area contributed by atoms with E-state index in [1.807, 2.05) is 6.92 Å². The van der Waals surface area contributed by atoms with E-state index in [4.69, 9.17) is 18.0 Å². The third-order valence-corrected chi connectivity index (χ3v) is 5.32. The van der Waals surface area contributed by atoms with Gasteiger partial charge in [0.2, 0.25) is 10.0 Å². The Morgan fingerprint density at radius 3 is 2.40 bits per heavy atom. The molecule has 88 valence electrons. The standard InChI is InChI=1S/C9H18N2O2S2/c1-2-11(7-9(10)14)15(12,13)8-5-3-4-6-8/h8H,2-7H2,1H3,(H2,10,14). The predicted octanol–water partition coefficient (Wildman–Crippen LogP) is 0.867. The van der Waals surface area contributed by atoms with Crippen LogP contribution < -0.4 is 5.73 Å².